The molecule has 2 heterocycles. The summed E-state index contributed by atoms with van der Waals surface area (Å²) >= 11 is 5.26. The van der Waals surface area contributed by atoms with E-state index in [4.69, 9.17) is 12.2 Å². The van der Waals surface area contributed by atoms with Gasteiger partial charge in [-0.25, -0.2) is 9.55 Å². The minimum absolute atomic E-state index is 0.0540. The zero-order valence-corrected chi connectivity index (χ0v) is 15.3. The van der Waals surface area contributed by atoms with Gasteiger partial charge in [-0.3, -0.25) is 9.59 Å². The third-order valence-corrected chi connectivity index (χ3v) is 4.86. The molecule has 2 N–H and O–H groups in total. The summed E-state index contributed by atoms with van der Waals surface area (Å²) in [4.78, 5) is 29.3. The standard InChI is InChI=1S/C20H18N4O2S/c25-17(21-11-10-13-6-2-1-3-7-13)12-16-19(26)24-18(22-16)14-8-4-5-9-15(14)23-20(24)27/h1-9,16,22H,10-12H2,(H,21,25)/t16-/m0/s1. The SMILES string of the molecule is O=C(C[C@@H]1Nc2c3ccccc3nc(=S)n2C1=O)NCCc1ccccc1. The fourth-order valence-corrected chi connectivity index (χ4v) is 3.54. The number of benzene rings is 2. The first-order valence-corrected chi connectivity index (χ1v) is 9.17. The summed E-state index contributed by atoms with van der Waals surface area (Å²) < 4.78 is 1.59. The van der Waals surface area contributed by atoms with Gasteiger partial charge in [-0.15, -0.1) is 0 Å². The number of hydrogen-bond donors (Lipinski definition) is 2. The van der Waals surface area contributed by atoms with Crippen LogP contribution in [0.4, 0.5) is 5.82 Å². The molecule has 0 unspecified atom stereocenters. The molecule has 1 aromatic heterocycles. The van der Waals surface area contributed by atoms with Crippen molar-refractivity contribution in [3.63, 3.8) is 0 Å². The number of amides is 1. The van der Waals surface area contributed by atoms with Crippen molar-refractivity contribution in [2.75, 3.05) is 11.9 Å². The van der Waals surface area contributed by atoms with Crippen LogP contribution in [0.3, 0.4) is 0 Å². The van der Waals surface area contributed by atoms with Crippen LogP contribution in [0.2, 0.25) is 0 Å². The molecule has 27 heavy (non-hydrogen) atoms. The average molecular weight is 378 g/mol. The van der Waals surface area contributed by atoms with Crippen molar-refractivity contribution in [3.05, 3.63) is 64.9 Å². The minimum atomic E-state index is -0.643. The Hall–Kier alpha value is -3.06. The Morgan fingerprint density at radius 1 is 1.15 bits per heavy atom. The number of rotatable bonds is 5. The predicted molar refractivity (Wildman–Crippen MR) is 106 cm³/mol. The molecule has 1 aliphatic rings. The quantitative estimate of drug-likeness (QED) is 0.668. The highest BCUT2D eigenvalue weighted by Gasteiger charge is 2.33. The van der Waals surface area contributed by atoms with Crippen LogP contribution in [0.25, 0.3) is 10.9 Å². The molecule has 4 rings (SSSR count). The van der Waals surface area contributed by atoms with E-state index in [-0.39, 0.29) is 23.0 Å². The Morgan fingerprint density at radius 2 is 1.89 bits per heavy atom. The molecular weight excluding hydrogens is 360 g/mol. The van der Waals surface area contributed by atoms with Crippen LogP contribution >= 0.6 is 12.2 Å². The molecule has 136 valence electrons. The molecule has 0 saturated carbocycles. The van der Waals surface area contributed by atoms with E-state index in [0.29, 0.717) is 12.4 Å². The Kier molecular flexibility index (Phi) is 4.68. The van der Waals surface area contributed by atoms with Gasteiger partial charge in [0, 0.05) is 11.9 Å². The van der Waals surface area contributed by atoms with Crippen molar-refractivity contribution in [3.8, 4) is 0 Å². The predicted octanol–water partition coefficient (Wildman–Crippen LogP) is 2.95. The summed E-state index contributed by atoms with van der Waals surface area (Å²) in [5.41, 5.74) is 1.88. The van der Waals surface area contributed by atoms with Crippen LogP contribution in [-0.2, 0) is 11.2 Å². The maximum absolute atomic E-state index is 12.7. The van der Waals surface area contributed by atoms with Gasteiger partial charge in [-0.1, -0.05) is 42.5 Å². The van der Waals surface area contributed by atoms with E-state index < -0.39 is 6.04 Å². The van der Waals surface area contributed by atoms with Crippen LogP contribution in [0.5, 0.6) is 0 Å². The molecule has 1 aliphatic heterocycles. The molecule has 1 amide bonds. The zero-order valence-electron chi connectivity index (χ0n) is 14.5. The number of carbonyl (C=O) groups is 2. The number of carbonyl (C=O) groups excluding carboxylic acids is 2. The Labute approximate surface area is 161 Å². The molecule has 1 atom stereocenters. The first-order chi connectivity index (χ1) is 13.1. The third-order valence-electron chi connectivity index (χ3n) is 4.59. The van der Waals surface area contributed by atoms with Crippen LogP contribution < -0.4 is 10.6 Å². The second-order valence-electron chi connectivity index (χ2n) is 6.42. The summed E-state index contributed by atoms with van der Waals surface area (Å²) in [7, 11) is 0. The molecule has 0 saturated heterocycles. The normalized spacial score (nSPS) is 15.4. The average Bonchev–Trinajstić information content (AvgIpc) is 3.00. The van der Waals surface area contributed by atoms with E-state index in [1.54, 1.807) is 0 Å². The Morgan fingerprint density at radius 3 is 2.70 bits per heavy atom. The molecule has 0 fully saturated rings. The lowest BCUT2D eigenvalue weighted by Crippen LogP contribution is -2.34. The number of anilines is 1. The van der Waals surface area contributed by atoms with Gasteiger partial charge in [0.25, 0.3) is 5.91 Å². The van der Waals surface area contributed by atoms with Gasteiger partial charge in [0.05, 0.1) is 11.9 Å². The maximum atomic E-state index is 12.7. The molecule has 7 heteroatoms. The van der Waals surface area contributed by atoms with E-state index in [9.17, 15) is 9.59 Å². The lowest BCUT2D eigenvalue weighted by molar-refractivity contribution is -0.121. The zero-order chi connectivity index (χ0) is 18.8. The summed E-state index contributed by atoms with van der Waals surface area (Å²) in [6, 6.07) is 16.8. The highest BCUT2D eigenvalue weighted by Crippen LogP contribution is 2.28. The van der Waals surface area contributed by atoms with Gasteiger partial charge in [0.2, 0.25) is 10.7 Å². The third kappa shape index (κ3) is 3.46. The van der Waals surface area contributed by atoms with Crippen molar-refractivity contribution in [1.82, 2.24) is 14.9 Å². The number of nitrogens with zero attached hydrogens (tertiary/aromatic N) is 2. The first kappa shape index (κ1) is 17.4. The van der Waals surface area contributed by atoms with Crippen LogP contribution in [0, 0.1) is 4.77 Å². The van der Waals surface area contributed by atoms with Gasteiger partial charge < -0.3 is 10.6 Å². The lowest BCUT2D eigenvalue weighted by Gasteiger charge is -2.10. The van der Waals surface area contributed by atoms with Gasteiger partial charge in [-0.05, 0) is 36.3 Å². The van der Waals surface area contributed by atoms with Gasteiger partial charge >= 0.3 is 0 Å². The first-order valence-electron chi connectivity index (χ1n) is 8.76. The summed E-state index contributed by atoms with van der Waals surface area (Å²) in [6.45, 7) is 0.528. The van der Waals surface area contributed by atoms with Crippen molar-refractivity contribution < 1.29 is 9.59 Å². The van der Waals surface area contributed by atoms with Gasteiger partial charge in [-0.2, -0.15) is 0 Å². The Bertz CT molecular complexity index is 1080. The monoisotopic (exact) mass is 378 g/mol. The number of aromatic nitrogens is 2. The number of para-hydroxylation sites is 1. The molecule has 0 radical (unpaired) electrons. The van der Waals surface area contributed by atoms with Crippen molar-refractivity contribution >= 4 is 40.8 Å². The number of hydrogen-bond acceptors (Lipinski definition) is 5. The molecule has 0 spiro atoms. The number of fused-ring (bicyclic) bond motifs is 3. The second-order valence-corrected chi connectivity index (χ2v) is 6.79. The summed E-state index contributed by atoms with van der Waals surface area (Å²) in [6.07, 6.45) is 0.802. The van der Waals surface area contributed by atoms with Crippen molar-refractivity contribution in [1.29, 1.82) is 0 Å². The van der Waals surface area contributed by atoms with Gasteiger partial charge in [0.15, 0.2) is 0 Å². The fourth-order valence-electron chi connectivity index (χ4n) is 3.26. The largest absolute Gasteiger partial charge is 0.358 e. The molecule has 0 bridgehead atoms. The highest BCUT2D eigenvalue weighted by atomic mass is 32.1. The maximum Gasteiger partial charge on any atom is 0.257 e. The minimum Gasteiger partial charge on any atom is -0.358 e. The second kappa shape index (κ2) is 7.28. The van der Waals surface area contributed by atoms with Crippen molar-refractivity contribution in [2.24, 2.45) is 0 Å². The number of nitrogens with one attached hydrogen (secondary N) is 2. The lowest BCUT2D eigenvalue weighted by atomic mass is 10.1. The molecule has 0 aliphatic carbocycles. The topological polar surface area (TPSA) is 76.0 Å². The summed E-state index contributed by atoms with van der Waals surface area (Å²) in [5, 5.41) is 6.84. The van der Waals surface area contributed by atoms with E-state index in [0.717, 1.165) is 22.9 Å². The van der Waals surface area contributed by atoms with Crippen molar-refractivity contribution in [2.45, 2.75) is 18.9 Å². The fraction of sp³-hybridized carbons (Fsp3) is 0.200. The highest BCUT2D eigenvalue weighted by molar-refractivity contribution is 7.71. The molecule has 2 aromatic carbocycles. The molecule has 6 nitrogen and oxygen atoms in total. The van der Waals surface area contributed by atoms with Crippen LogP contribution in [0.1, 0.15) is 16.8 Å². The molecular formula is C20H18N4O2S. The Balaban J connectivity index is 1.44. The van der Waals surface area contributed by atoms with Crippen LogP contribution in [0.15, 0.2) is 54.6 Å². The summed E-state index contributed by atoms with van der Waals surface area (Å²) in [5.74, 6) is 0.192. The van der Waals surface area contributed by atoms with E-state index in [2.05, 4.69) is 15.6 Å². The van der Waals surface area contributed by atoms with E-state index in [1.165, 1.54) is 4.57 Å². The van der Waals surface area contributed by atoms with E-state index >= 15 is 0 Å². The van der Waals surface area contributed by atoms with Gasteiger partial charge in [0.1, 0.15) is 11.9 Å². The van der Waals surface area contributed by atoms with E-state index in [1.807, 2.05) is 54.6 Å². The van der Waals surface area contributed by atoms with Crippen LogP contribution in [-0.4, -0.2) is 34.0 Å². The smallest absolute Gasteiger partial charge is 0.257 e. The molecule has 3 aromatic rings.